The van der Waals surface area contributed by atoms with Gasteiger partial charge in [0.2, 0.25) is 0 Å². The first-order chi connectivity index (χ1) is 14.0. The maximum absolute atomic E-state index is 6.61. The molecule has 2 aromatic rings. The highest BCUT2D eigenvalue weighted by Gasteiger charge is 2.25. The molecular weight excluding hydrogens is 386 g/mol. The zero-order chi connectivity index (χ0) is 20.8. The van der Waals surface area contributed by atoms with Crippen LogP contribution in [0.2, 0.25) is 5.02 Å². The number of ether oxygens (including phenoxy) is 2. The Balaban J connectivity index is 1.60. The topological polar surface area (TPSA) is 37.0 Å². The number of nitrogens with zero attached hydrogens (tertiary/aromatic N) is 2. The summed E-state index contributed by atoms with van der Waals surface area (Å²) in [5.74, 6) is 0.869. The first-order valence-corrected chi connectivity index (χ1v) is 10.5. The van der Waals surface area contributed by atoms with Crippen molar-refractivity contribution >= 4 is 23.0 Å². The molecule has 0 saturated carbocycles. The Morgan fingerprint density at radius 1 is 1.14 bits per heavy atom. The van der Waals surface area contributed by atoms with Crippen LogP contribution in [-0.2, 0) is 17.8 Å². The van der Waals surface area contributed by atoms with Crippen LogP contribution in [0.1, 0.15) is 17.5 Å². The lowest BCUT2D eigenvalue weighted by Crippen LogP contribution is -2.31. The molecule has 0 radical (unpaired) electrons. The quantitative estimate of drug-likeness (QED) is 0.658. The van der Waals surface area contributed by atoms with Gasteiger partial charge in [0.1, 0.15) is 5.75 Å². The van der Waals surface area contributed by atoms with Gasteiger partial charge in [0.05, 0.1) is 24.4 Å². The Kier molecular flexibility index (Phi) is 7.64. The predicted molar refractivity (Wildman–Crippen MR) is 122 cm³/mol. The molecule has 0 spiro atoms. The number of benzene rings is 2. The maximum atomic E-state index is 6.61. The fourth-order valence-electron chi connectivity index (χ4n) is 3.86. The van der Waals surface area contributed by atoms with E-state index in [1.165, 1.54) is 17.5 Å². The molecule has 0 amide bonds. The van der Waals surface area contributed by atoms with E-state index < -0.39 is 0 Å². The van der Waals surface area contributed by atoms with E-state index in [4.69, 9.17) is 21.1 Å². The van der Waals surface area contributed by atoms with Crippen molar-refractivity contribution in [2.24, 2.45) is 0 Å². The van der Waals surface area contributed by atoms with Gasteiger partial charge in [-0.1, -0.05) is 17.7 Å². The van der Waals surface area contributed by atoms with Crippen LogP contribution in [0.4, 0.5) is 11.4 Å². The van der Waals surface area contributed by atoms with E-state index >= 15 is 0 Å². The zero-order valence-electron chi connectivity index (χ0n) is 17.9. The van der Waals surface area contributed by atoms with E-state index in [-0.39, 0.29) is 0 Å². The summed E-state index contributed by atoms with van der Waals surface area (Å²) in [6, 6.07) is 13.0. The number of likely N-dealkylation sites (N-methyl/N-ethyl adjacent to an activating group) is 1. The van der Waals surface area contributed by atoms with E-state index in [2.05, 4.69) is 53.5 Å². The van der Waals surface area contributed by atoms with Crippen molar-refractivity contribution in [2.45, 2.75) is 25.5 Å². The fourth-order valence-corrected chi connectivity index (χ4v) is 4.16. The van der Waals surface area contributed by atoms with Crippen molar-refractivity contribution in [2.75, 3.05) is 58.2 Å². The molecule has 158 valence electrons. The smallest absolute Gasteiger partial charge is 0.119 e. The minimum Gasteiger partial charge on any atom is -0.497 e. The van der Waals surface area contributed by atoms with Crippen molar-refractivity contribution in [1.29, 1.82) is 0 Å². The van der Waals surface area contributed by atoms with E-state index in [1.54, 1.807) is 14.2 Å². The number of halogens is 1. The molecule has 1 aliphatic rings. The molecule has 1 saturated heterocycles. The Bertz CT molecular complexity index is 813. The second-order valence-electron chi connectivity index (χ2n) is 7.76. The maximum Gasteiger partial charge on any atom is 0.119 e. The first-order valence-electron chi connectivity index (χ1n) is 10.1. The van der Waals surface area contributed by atoms with Gasteiger partial charge >= 0.3 is 0 Å². The molecule has 1 N–H and O–H groups in total. The molecule has 29 heavy (non-hydrogen) atoms. The number of methoxy groups -OCH3 is 2. The summed E-state index contributed by atoms with van der Waals surface area (Å²) in [5.41, 5.74) is 4.58. The minimum absolute atomic E-state index is 0.591. The lowest BCUT2D eigenvalue weighted by Gasteiger charge is -2.23. The summed E-state index contributed by atoms with van der Waals surface area (Å²) in [7, 11) is 7.70. The molecule has 6 heteroatoms. The van der Waals surface area contributed by atoms with Crippen molar-refractivity contribution in [3.63, 3.8) is 0 Å². The second kappa shape index (κ2) is 10.2. The van der Waals surface area contributed by atoms with Gasteiger partial charge in [-0.05, 0) is 68.4 Å². The molecule has 2 aromatic carbocycles. The summed E-state index contributed by atoms with van der Waals surface area (Å²) < 4.78 is 10.7. The van der Waals surface area contributed by atoms with Gasteiger partial charge in [-0.25, -0.2) is 0 Å². The van der Waals surface area contributed by atoms with E-state index in [0.717, 1.165) is 48.2 Å². The summed E-state index contributed by atoms with van der Waals surface area (Å²) in [6.45, 7) is 3.49. The summed E-state index contributed by atoms with van der Waals surface area (Å²) in [5, 5.41) is 4.29. The normalized spacial score (nSPS) is 16.5. The molecular formula is C23H32ClN3O2. The molecule has 0 aliphatic carbocycles. The molecule has 1 aliphatic heterocycles. The fraction of sp³-hybridized carbons (Fsp3) is 0.478. The van der Waals surface area contributed by atoms with E-state index in [1.807, 2.05) is 12.1 Å². The van der Waals surface area contributed by atoms with Gasteiger partial charge in [0, 0.05) is 38.5 Å². The Hall–Kier alpha value is -1.95. The van der Waals surface area contributed by atoms with Crippen molar-refractivity contribution in [1.82, 2.24) is 4.90 Å². The van der Waals surface area contributed by atoms with Gasteiger partial charge in [-0.15, -0.1) is 0 Å². The van der Waals surface area contributed by atoms with Gasteiger partial charge in [-0.2, -0.15) is 0 Å². The summed E-state index contributed by atoms with van der Waals surface area (Å²) in [4.78, 5) is 4.67. The van der Waals surface area contributed by atoms with Gasteiger partial charge in [0.25, 0.3) is 0 Å². The molecule has 0 aromatic heterocycles. The van der Waals surface area contributed by atoms with Crippen LogP contribution in [0.3, 0.4) is 0 Å². The monoisotopic (exact) mass is 417 g/mol. The number of hydrogen-bond acceptors (Lipinski definition) is 5. The Morgan fingerprint density at radius 3 is 2.62 bits per heavy atom. The summed E-state index contributed by atoms with van der Waals surface area (Å²) in [6.07, 6.45) is 2.06. The molecule has 5 nitrogen and oxygen atoms in total. The second-order valence-corrected chi connectivity index (χ2v) is 8.17. The average molecular weight is 418 g/mol. The highest BCUT2D eigenvalue weighted by Crippen LogP contribution is 2.32. The molecule has 1 atom stereocenters. The highest BCUT2D eigenvalue weighted by molar-refractivity contribution is 6.33. The molecule has 1 fully saturated rings. The lowest BCUT2D eigenvalue weighted by atomic mass is 10.0. The third-order valence-electron chi connectivity index (χ3n) is 5.62. The molecule has 1 heterocycles. The van der Waals surface area contributed by atoms with Crippen molar-refractivity contribution in [3.05, 3.63) is 52.5 Å². The SMILES string of the molecule is COCc1ccc(OC)cc1CCNc1ccc(N2CCC(N(C)C)C2)c(Cl)c1. The largest absolute Gasteiger partial charge is 0.497 e. The Labute approximate surface area is 179 Å². The molecule has 0 bridgehead atoms. The van der Waals surface area contributed by atoms with Gasteiger partial charge in [0.15, 0.2) is 0 Å². The standard InChI is InChI=1S/C23H32ClN3O2/c1-26(2)20-10-12-27(15-20)23-8-6-19(14-22(23)24)25-11-9-17-13-21(29-4)7-5-18(17)16-28-3/h5-8,13-14,20,25H,9-12,15-16H2,1-4H3. The first kappa shape index (κ1) is 21.8. The Morgan fingerprint density at radius 2 is 1.97 bits per heavy atom. The highest BCUT2D eigenvalue weighted by atomic mass is 35.5. The van der Waals surface area contributed by atoms with E-state index in [0.29, 0.717) is 12.6 Å². The number of anilines is 2. The van der Waals surface area contributed by atoms with Crippen LogP contribution >= 0.6 is 11.6 Å². The van der Waals surface area contributed by atoms with Crippen LogP contribution in [0.15, 0.2) is 36.4 Å². The van der Waals surface area contributed by atoms with Gasteiger partial charge < -0.3 is 24.6 Å². The van der Waals surface area contributed by atoms with Crippen LogP contribution in [0.25, 0.3) is 0 Å². The van der Waals surface area contributed by atoms with Crippen LogP contribution in [0, 0.1) is 0 Å². The lowest BCUT2D eigenvalue weighted by molar-refractivity contribution is 0.184. The average Bonchev–Trinajstić information content (AvgIpc) is 3.19. The zero-order valence-corrected chi connectivity index (χ0v) is 18.6. The molecule has 3 rings (SSSR count). The van der Waals surface area contributed by atoms with Crippen LogP contribution in [-0.4, -0.2) is 58.9 Å². The summed E-state index contributed by atoms with van der Waals surface area (Å²) >= 11 is 6.61. The van der Waals surface area contributed by atoms with Gasteiger partial charge in [-0.3, -0.25) is 0 Å². The number of hydrogen-bond donors (Lipinski definition) is 1. The number of nitrogens with one attached hydrogen (secondary N) is 1. The molecule has 1 unspecified atom stereocenters. The minimum atomic E-state index is 0.591. The van der Waals surface area contributed by atoms with E-state index in [9.17, 15) is 0 Å². The van der Waals surface area contributed by atoms with Crippen molar-refractivity contribution < 1.29 is 9.47 Å². The number of rotatable bonds is 9. The predicted octanol–water partition coefficient (Wildman–Crippen LogP) is 4.29. The third-order valence-corrected chi connectivity index (χ3v) is 5.92. The van der Waals surface area contributed by atoms with Crippen molar-refractivity contribution in [3.8, 4) is 5.75 Å². The van der Waals surface area contributed by atoms with Crippen LogP contribution in [0.5, 0.6) is 5.75 Å². The van der Waals surface area contributed by atoms with Crippen LogP contribution < -0.4 is 15.0 Å². The third kappa shape index (κ3) is 5.56.